The van der Waals surface area contributed by atoms with Crippen molar-refractivity contribution >= 4 is 11.8 Å². The summed E-state index contributed by atoms with van der Waals surface area (Å²) < 4.78 is 5.26. The SMILES string of the molecule is COc1cc(C)c(SCCCO)cc1C. The molecule has 15 heavy (non-hydrogen) atoms. The van der Waals surface area contributed by atoms with Crippen LogP contribution in [-0.4, -0.2) is 24.6 Å². The molecule has 0 saturated carbocycles. The second-order valence-electron chi connectivity index (χ2n) is 3.51. The molecule has 0 saturated heterocycles. The third-order valence-electron chi connectivity index (χ3n) is 2.25. The molecule has 0 heterocycles. The Morgan fingerprint density at radius 2 is 2.00 bits per heavy atom. The highest BCUT2D eigenvalue weighted by atomic mass is 32.2. The molecule has 0 aliphatic rings. The zero-order chi connectivity index (χ0) is 11.3. The van der Waals surface area contributed by atoms with Crippen LogP contribution >= 0.6 is 11.8 Å². The summed E-state index contributed by atoms with van der Waals surface area (Å²) in [5, 5.41) is 8.72. The van der Waals surface area contributed by atoms with E-state index in [9.17, 15) is 0 Å². The lowest BCUT2D eigenvalue weighted by Crippen LogP contribution is -1.92. The number of ether oxygens (including phenoxy) is 1. The maximum atomic E-state index is 8.72. The fourth-order valence-corrected chi connectivity index (χ4v) is 2.43. The quantitative estimate of drug-likeness (QED) is 0.618. The van der Waals surface area contributed by atoms with E-state index in [1.165, 1.54) is 10.5 Å². The van der Waals surface area contributed by atoms with Gasteiger partial charge in [0, 0.05) is 17.3 Å². The van der Waals surface area contributed by atoms with E-state index < -0.39 is 0 Å². The van der Waals surface area contributed by atoms with Crippen molar-refractivity contribution < 1.29 is 9.84 Å². The molecule has 0 aliphatic heterocycles. The summed E-state index contributed by atoms with van der Waals surface area (Å²) in [6.07, 6.45) is 0.842. The van der Waals surface area contributed by atoms with Crippen LogP contribution in [0.25, 0.3) is 0 Å². The highest BCUT2D eigenvalue weighted by Gasteiger charge is 2.04. The molecule has 0 bridgehead atoms. The molecular weight excluding hydrogens is 208 g/mol. The number of hydrogen-bond donors (Lipinski definition) is 1. The highest BCUT2D eigenvalue weighted by Crippen LogP contribution is 2.29. The normalized spacial score (nSPS) is 10.4. The van der Waals surface area contributed by atoms with Crippen LogP contribution in [-0.2, 0) is 0 Å². The second kappa shape index (κ2) is 6.03. The third-order valence-corrected chi connectivity index (χ3v) is 3.50. The van der Waals surface area contributed by atoms with E-state index in [1.807, 2.05) is 6.92 Å². The number of aliphatic hydroxyl groups excluding tert-OH is 1. The molecule has 0 spiro atoms. The number of methoxy groups -OCH3 is 1. The monoisotopic (exact) mass is 226 g/mol. The predicted octanol–water partition coefficient (Wildman–Crippen LogP) is 2.79. The molecule has 0 amide bonds. The first kappa shape index (κ1) is 12.4. The third kappa shape index (κ3) is 3.43. The molecule has 2 nitrogen and oxygen atoms in total. The maximum absolute atomic E-state index is 8.72. The van der Waals surface area contributed by atoms with Crippen molar-refractivity contribution in [3.8, 4) is 5.75 Å². The van der Waals surface area contributed by atoms with Crippen molar-refractivity contribution in [2.24, 2.45) is 0 Å². The molecule has 0 fully saturated rings. The Hall–Kier alpha value is -0.670. The van der Waals surface area contributed by atoms with Gasteiger partial charge in [-0.15, -0.1) is 11.8 Å². The molecular formula is C12H18O2S. The predicted molar refractivity (Wildman–Crippen MR) is 64.9 cm³/mol. The zero-order valence-corrected chi connectivity index (χ0v) is 10.4. The van der Waals surface area contributed by atoms with Crippen LogP contribution in [0.2, 0.25) is 0 Å². The van der Waals surface area contributed by atoms with Crippen molar-refractivity contribution in [2.45, 2.75) is 25.2 Å². The molecule has 0 atom stereocenters. The molecule has 1 aromatic carbocycles. The van der Waals surface area contributed by atoms with Gasteiger partial charge in [0.2, 0.25) is 0 Å². The lowest BCUT2D eigenvalue weighted by atomic mass is 10.1. The van der Waals surface area contributed by atoms with Crippen molar-refractivity contribution in [2.75, 3.05) is 19.5 Å². The lowest BCUT2D eigenvalue weighted by Gasteiger charge is -2.10. The van der Waals surface area contributed by atoms with Crippen LogP contribution < -0.4 is 4.74 Å². The highest BCUT2D eigenvalue weighted by molar-refractivity contribution is 7.99. The number of aryl methyl sites for hydroxylation is 2. The fourth-order valence-electron chi connectivity index (χ4n) is 1.39. The van der Waals surface area contributed by atoms with Gasteiger partial charge < -0.3 is 9.84 Å². The van der Waals surface area contributed by atoms with E-state index in [4.69, 9.17) is 9.84 Å². The van der Waals surface area contributed by atoms with E-state index in [0.717, 1.165) is 23.5 Å². The number of thioether (sulfide) groups is 1. The Bertz CT molecular complexity index is 324. The number of aliphatic hydroxyl groups is 1. The molecule has 0 aromatic heterocycles. The second-order valence-corrected chi connectivity index (χ2v) is 4.65. The molecule has 0 radical (unpaired) electrons. The topological polar surface area (TPSA) is 29.5 Å². The van der Waals surface area contributed by atoms with Gasteiger partial charge in [-0.3, -0.25) is 0 Å². The van der Waals surface area contributed by atoms with Gasteiger partial charge in [-0.05, 0) is 43.5 Å². The summed E-state index contributed by atoms with van der Waals surface area (Å²) in [5.41, 5.74) is 2.40. The van der Waals surface area contributed by atoms with Gasteiger partial charge in [-0.25, -0.2) is 0 Å². The maximum Gasteiger partial charge on any atom is 0.122 e. The Morgan fingerprint density at radius 1 is 1.27 bits per heavy atom. The summed E-state index contributed by atoms with van der Waals surface area (Å²) in [6.45, 7) is 4.40. The van der Waals surface area contributed by atoms with Crippen LogP contribution in [0.3, 0.4) is 0 Å². The number of benzene rings is 1. The Labute approximate surface area is 95.7 Å². The first-order valence-electron chi connectivity index (χ1n) is 5.08. The summed E-state index contributed by atoms with van der Waals surface area (Å²) in [7, 11) is 1.69. The lowest BCUT2D eigenvalue weighted by molar-refractivity contribution is 0.296. The van der Waals surface area contributed by atoms with E-state index in [-0.39, 0.29) is 6.61 Å². The van der Waals surface area contributed by atoms with Crippen LogP contribution in [0, 0.1) is 13.8 Å². The van der Waals surface area contributed by atoms with Crippen LogP contribution in [0.15, 0.2) is 17.0 Å². The van der Waals surface area contributed by atoms with E-state index in [2.05, 4.69) is 19.1 Å². The van der Waals surface area contributed by atoms with Crippen molar-refractivity contribution in [1.82, 2.24) is 0 Å². The van der Waals surface area contributed by atoms with E-state index in [1.54, 1.807) is 18.9 Å². The average molecular weight is 226 g/mol. The van der Waals surface area contributed by atoms with Crippen molar-refractivity contribution in [3.63, 3.8) is 0 Å². The first-order chi connectivity index (χ1) is 7.19. The zero-order valence-electron chi connectivity index (χ0n) is 9.54. The largest absolute Gasteiger partial charge is 0.496 e. The van der Waals surface area contributed by atoms with Crippen LogP contribution in [0.5, 0.6) is 5.75 Å². The first-order valence-corrected chi connectivity index (χ1v) is 6.06. The van der Waals surface area contributed by atoms with Crippen LogP contribution in [0.4, 0.5) is 0 Å². The van der Waals surface area contributed by atoms with Gasteiger partial charge in [0.25, 0.3) is 0 Å². The molecule has 0 unspecified atom stereocenters. The number of hydrogen-bond acceptors (Lipinski definition) is 3. The van der Waals surface area contributed by atoms with Gasteiger partial charge in [-0.2, -0.15) is 0 Å². The Balaban J connectivity index is 2.76. The van der Waals surface area contributed by atoms with Gasteiger partial charge in [0.05, 0.1) is 7.11 Å². The summed E-state index contributed by atoms with van der Waals surface area (Å²) >= 11 is 1.79. The Kier molecular flexibility index (Phi) is 4.99. The summed E-state index contributed by atoms with van der Waals surface area (Å²) in [5.74, 6) is 1.90. The molecule has 1 rings (SSSR count). The molecule has 1 N–H and O–H groups in total. The minimum atomic E-state index is 0.265. The molecule has 3 heteroatoms. The van der Waals surface area contributed by atoms with Crippen molar-refractivity contribution in [1.29, 1.82) is 0 Å². The van der Waals surface area contributed by atoms with E-state index in [0.29, 0.717) is 0 Å². The summed E-state index contributed by atoms with van der Waals surface area (Å²) in [6, 6.07) is 4.22. The van der Waals surface area contributed by atoms with Gasteiger partial charge in [0.1, 0.15) is 5.75 Å². The standard InChI is InChI=1S/C12H18O2S/c1-9-8-12(15-6-4-5-13)10(2)7-11(9)14-3/h7-8,13H,4-6H2,1-3H3. The molecule has 0 aliphatic carbocycles. The average Bonchev–Trinajstić information content (AvgIpc) is 2.23. The van der Waals surface area contributed by atoms with Gasteiger partial charge in [-0.1, -0.05) is 0 Å². The Morgan fingerprint density at radius 3 is 2.60 bits per heavy atom. The van der Waals surface area contributed by atoms with Gasteiger partial charge in [0.15, 0.2) is 0 Å². The number of rotatable bonds is 5. The van der Waals surface area contributed by atoms with E-state index >= 15 is 0 Å². The summed E-state index contributed by atoms with van der Waals surface area (Å²) in [4.78, 5) is 1.28. The minimum absolute atomic E-state index is 0.265. The fraction of sp³-hybridized carbons (Fsp3) is 0.500. The minimum Gasteiger partial charge on any atom is -0.496 e. The van der Waals surface area contributed by atoms with Crippen molar-refractivity contribution in [3.05, 3.63) is 23.3 Å². The smallest absolute Gasteiger partial charge is 0.122 e. The van der Waals surface area contributed by atoms with Crippen LogP contribution in [0.1, 0.15) is 17.5 Å². The molecule has 84 valence electrons. The molecule has 1 aromatic rings. The van der Waals surface area contributed by atoms with Gasteiger partial charge >= 0.3 is 0 Å².